The van der Waals surface area contributed by atoms with Gasteiger partial charge in [-0.2, -0.15) is 4.31 Å². The fourth-order valence-electron chi connectivity index (χ4n) is 6.30. The van der Waals surface area contributed by atoms with Crippen LogP contribution in [0.25, 0.3) is 0 Å². The van der Waals surface area contributed by atoms with Crippen molar-refractivity contribution < 1.29 is 18.0 Å². The molecule has 1 aromatic carbocycles. The zero-order valence-electron chi connectivity index (χ0n) is 21.4. The highest BCUT2D eigenvalue weighted by Gasteiger charge is 2.50. The normalized spacial score (nSPS) is 28.3. The molecule has 2 aliphatic heterocycles. The molecule has 0 N–H and O–H groups in total. The van der Waals surface area contributed by atoms with E-state index in [-0.39, 0.29) is 22.8 Å². The number of hydrogen-bond donors (Lipinski definition) is 0. The molecule has 0 atom stereocenters. The molecule has 9 heteroatoms. The van der Waals surface area contributed by atoms with Crippen molar-refractivity contribution in [2.45, 2.75) is 50.5 Å². The van der Waals surface area contributed by atoms with E-state index in [0.29, 0.717) is 52.0 Å². The highest BCUT2D eigenvalue weighted by atomic mass is 32.2. The van der Waals surface area contributed by atoms with E-state index in [9.17, 15) is 18.0 Å². The molecule has 1 spiro atoms. The fraction of sp³-hybridized carbons (Fsp3) is 0.692. The molecule has 4 rings (SSSR count). The van der Waals surface area contributed by atoms with Crippen LogP contribution in [0.3, 0.4) is 0 Å². The molecule has 0 aromatic heterocycles. The predicted molar refractivity (Wildman–Crippen MR) is 136 cm³/mol. The van der Waals surface area contributed by atoms with Gasteiger partial charge in [-0.05, 0) is 57.2 Å². The van der Waals surface area contributed by atoms with Crippen molar-refractivity contribution in [3.8, 4) is 0 Å². The summed E-state index contributed by atoms with van der Waals surface area (Å²) in [6, 6.07) is 10.7. The third kappa shape index (κ3) is 5.57. The first-order chi connectivity index (χ1) is 16.5. The second kappa shape index (κ2) is 10.2. The molecule has 0 radical (unpaired) electrons. The minimum atomic E-state index is -3.20. The first-order valence-corrected chi connectivity index (χ1v) is 14.6. The lowest BCUT2D eigenvalue weighted by Crippen LogP contribution is -2.50. The van der Waals surface area contributed by atoms with Crippen LogP contribution in [-0.4, -0.2) is 98.9 Å². The van der Waals surface area contributed by atoms with E-state index >= 15 is 0 Å². The van der Waals surface area contributed by atoms with Crippen LogP contribution in [0, 0.1) is 5.41 Å². The third-order valence-electron chi connectivity index (χ3n) is 8.59. The molecule has 8 nitrogen and oxygen atoms in total. The second-order valence-corrected chi connectivity index (χ2v) is 12.9. The van der Waals surface area contributed by atoms with Crippen molar-refractivity contribution in [2.75, 3.05) is 59.6 Å². The van der Waals surface area contributed by atoms with Gasteiger partial charge in [-0.25, -0.2) is 8.42 Å². The molecule has 2 amide bonds. The van der Waals surface area contributed by atoms with Gasteiger partial charge in [-0.15, -0.1) is 0 Å². The van der Waals surface area contributed by atoms with Crippen molar-refractivity contribution in [1.82, 2.24) is 19.0 Å². The average Bonchev–Trinajstić information content (AvgIpc) is 3.14. The molecule has 2 saturated heterocycles. The maximum Gasteiger partial charge on any atom is 0.223 e. The van der Waals surface area contributed by atoms with E-state index in [0.717, 1.165) is 32.2 Å². The van der Waals surface area contributed by atoms with E-state index in [4.69, 9.17) is 0 Å². The molecule has 3 aliphatic rings. The number of benzene rings is 1. The van der Waals surface area contributed by atoms with Gasteiger partial charge in [0.15, 0.2) is 0 Å². The molecule has 1 aromatic rings. The Morgan fingerprint density at radius 3 is 2.20 bits per heavy atom. The Bertz CT molecular complexity index is 1010. The summed E-state index contributed by atoms with van der Waals surface area (Å²) in [5.41, 5.74) is 1.44. The first kappa shape index (κ1) is 26.1. The van der Waals surface area contributed by atoms with Crippen LogP contribution in [-0.2, 0) is 25.2 Å². The summed E-state index contributed by atoms with van der Waals surface area (Å²) in [7, 11) is 1.12. The minimum Gasteiger partial charge on any atom is -0.342 e. The largest absolute Gasteiger partial charge is 0.342 e. The molecule has 35 heavy (non-hydrogen) atoms. The number of carbonyl (C=O) groups excluding carboxylic acids is 2. The highest BCUT2D eigenvalue weighted by Crippen LogP contribution is 2.52. The summed E-state index contributed by atoms with van der Waals surface area (Å²) in [6.07, 6.45) is 7.03. The molecule has 0 unspecified atom stereocenters. The summed E-state index contributed by atoms with van der Waals surface area (Å²) in [6.45, 7) is 3.00. The smallest absolute Gasteiger partial charge is 0.223 e. The topological polar surface area (TPSA) is 81.2 Å². The molecule has 2 heterocycles. The Kier molecular flexibility index (Phi) is 7.60. The maximum atomic E-state index is 12.9. The van der Waals surface area contributed by atoms with Gasteiger partial charge in [0.1, 0.15) is 0 Å². The van der Waals surface area contributed by atoms with E-state index in [2.05, 4.69) is 49.3 Å². The summed E-state index contributed by atoms with van der Waals surface area (Å²) in [5, 5.41) is 0. The van der Waals surface area contributed by atoms with Gasteiger partial charge in [0.25, 0.3) is 0 Å². The van der Waals surface area contributed by atoms with Gasteiger partial charge >= 0.3 is 0 Å². The fourth-order valence-corrected chi connectivity index (χ4v) is 7.13. The van der Waals surface area contributed by atoms with Crippen molar-refractivity contribution in [2.24, 2.45) is 5.41 Å². The number of piperazine rings is 1. The van der Waals surface area contributed by atoms with Crippen LogP contribution < -0.4 is 0 Å². The zero-order chi connectivity index (χ0) is 25.3. The highest BCUT2D eigenvalue weighted by molar-refractivity contribution is 7.88. The molecular formula is C26H40N4O4S. The van der Waals surface area contributed by atoms with Crippen molar-refractivity contribution >= 4 is 21.8 Å². The number of nitrogens with zero attached hydrogens (tertiary/aromatic N) is 4. The standard InChI is InChI=1S/C26H40N4O4S/c1-27(2)26(22-8-5-4-6-9-22)13-11-25(12-14-26)20-24(32)29(21-25)15-7-10-23(31)28-16-18-30(19-17-28)35(3,33)34/h4-6,8-9H,7,10-21H2,1-3H3. The molecule has 1 saturated carbocycles. The number of carbonyl (C=O) groups is 2. The first-order valence-electron chi connectivity index (χ1n) is 12.8. The predicted octanol–water partition coefficient (Wildman–Crippen LogP) is 2.12. The number of rotatable bonds is 7. The van der Waals surface area contributed by atoms with Crippen LogP contribution in [0.1, 0.15) is 50.5 Å². The summed E-state index contributed by atoms with van der Waals surface area (Å²) >= 11 is 0. The van der Waals surface area contributed by atoms with Crippen LogP contribution in [0.2, 0.25) is 0 Å². The van der Waals surface area contributed by atoms with Gasteiger partial charge in [0.2, 0.25) is 21.8 Å². The maximum absolute atomic E-state index is 12.9. The van der Waals surface area contributed by atoms with Crippen LogP contribution in [0.15, 0.2) is 30.3 Å². The van der Waals surface area contributed by atoms with Crippen molar-refractivity contribution in [1.29, 1.82) is 0 Å². The van der Waals surface area contributed by atoms with Gasteiger partial charge in [0, 0.05) is 57.6 Å². The monoisotopic (exact) mass is 504 g/mol. The van der Waals surface area contributed by atoms with E-state index in [1.165, 1.54) is 16.1 Å². The summed E-state index contributed by atoms with van der Waals surface area (Å²) in [5.74, 6) is 0.270. The van der Waals surface area contributed by atoms with Gasteiger partial charge < -0.3 is 9.80 Å². The molecule has 3 fully saturated rings. The number of hydrogen-bond acceptors (Lipinski definition) is 5. The van der Waals surface area contributed by atoms with Crippen molar-refractivity contribution in [3.63, 3.8) is 0 Å². The molecule has 1 aliphatic carbocycles. The Labute approximate surface area is 210 Å². The lowest BCUT2D eigenvalue weighted by atomic mass is 9.64. The second-order valence-electron chi connectivity index (χ2n) is 10.9. The lowest BCUT2D eigenvalue weighted by Gasteiger charge is -2.48. The lowest BCUT2D eigenvalue weighted by molar-refractivity contribution is -0.133. The molecule has 0 bridgehead atoms. The van der Waals surface area contributed by atoms with Crippen LogP contribution in [0.4, 0.5) is 0 Å². The Morgan fingerprint density at radius 1 is 1.00 bits per heavy atom. The van der Waals surface area contributed by atoms with E-state index in [1.54, 1.807) is 4.90 Å². The van der Waals surface area contributed by atoms with Gasteiger partial charge in [0.05, 0.1) is 6.26 Å². The van der Waals surface area contributed by atoms with Crippen molar-refractivity contribution in [3.05, 3.63) is 35.9 Å². The quantitative estimate of drug-likeness (QED) is 0.568. The van der Waals surface area contributed by atoms with Gasteiger partial charge in [-0.1, -0.05) is 30.3 Å². The zero-order valence-corrected chi connectivity index (χ0v) is 22.2. The Morgan fingerprint density at radius 2 is 1.63 bits per heavy atom. The SMILES string of the molecule is CN(C)C1(c2ccccc2)CCC2(CC1)CC(=O)N(CCCC(=O)N1CCN(S(C)(=O)=O)CC1)C2. The van der Waals surface area contributed by atoms with Crippen LogP contribution >= 0.6 is 0 Å². The minimum absolute atomic E-state index is 0.0243. The summed E-state index contributed by atoms with van der Waals surface area (Å²) in [4.78, 5) is 31.6. The van der Waals surface area contributed by atoms with Gasteiger partial charge in [-0.3, -0.25) is 14.5 Å². The Hall–Kier alpha value is -1.97. The average molecular weight is 505 g/mol. The number of likely N-dealkylation sites (tertiary alicyclic amines) is 1. The third-order valence-corrected chi connectivity index (χ3v) is 9.89. The summed E-state index contributed by atoms with van der Waals surface area (Å²) < 4.78 is 24.8. The number of sulfonamides is 1. The Balaban J connectivity index is 1.26. The molecule has 194 valence electrons. The molecular weight excluding hydrogens is 464 g/mol. The van der Waals surface area contributed by atoms with E-state index in [1.807, 2.05) is 4.90 Å². The van der Waals surface area contributed by atoms with E-state index < -0.39 is 10.0 Å². The van der Waals surface area contributed by atoms with Crippen LogP contribution in [0.5, 0.6) is 0 Å². The number of amides is 2.